The first-order valence-corrected chi connectivity index (χ1v) is 27.5. The molecule has 0 saturated carbocycles. The van der Waals surface area contributed by atoms with E-state index in [4.69, 9.17) is 4.55 Å². The van der Waals surface area contributed by atoms with Gasteiger partial charge in [-0.15, -0.1) is 0 Å². The minimum absolute atomic E-state index is 0. The van der Waals surface area contributed by atoms with Crippen LogP contribution in [0.1, 0.15) is 258 Å². The predicted octanol–water partition coefficient (Wildman–Crippen LogP) is 11.8. The van der Waals surface area contributed by atoms with Gasteiger partial charge in [0.2, 0.25) is 5.91 Å². The van der Waals surface area contributed by atoms with Gasteiger partial charge in [0.05, 0.1) is 15.9 Å². The quantitative estimate of drug-likeness (QED) is 0.0200. The normalized spacial score (nSPS) is 11.9. The Morgan fingerprint density at radius 1 is 0.475 bits per heavy atom. The Labute approximate surface area is 395 Å². The van der Waals surface area contributed by atoms with Crippen molar-refractivity contribution in [2.24, 2.45) is 4.99 Å². The summed E-state index contributed by atoms with van der Waals surface area (Å²) in [4.78, 5) is 15.4. The molecule has 0 aliphatic carbocycles. The van der Waals surface area contributed by atoms with Crippen molar-refractivity contribution in [2.45, 2.75) is 258 Å². The Bertz CT molecular complexity index is 1120. The average molecular weight is 905 g/mol. The van der Waals surface area contributed by atoms with Crippen LogP contribution in [0.3, 0.4) is 0 Å². The van der Waals surface area contributed by atoms with Gasteiger partial charge in [0.15, 0.2) is 0 Å². The van der Waals surface area contributed by atoms with E-state index in [0.717, 1.165) is 25.7 Å². The van der Waals surface area contributed by atoms with Crippen molar-refractivity contribution in [3.8, 4) is 0 Å². The number of amides is 1. The first kappa shape index (κ1) is 63.3. The standard InChI is InChI=1S/2C23H47NO4S.Ca/c2*1-2-3-4-5-6-7-8-9-10-11-12-13-14-15-16-17-18-20-23(25)24-21-19-22-29(26,27)28;/h2*2-22H2,1H3,(H,24,25)(H,26,27,28);/q;;+2/p-2. The van der Waals surface area contributed by atoms with Crippen LogP contribution in [0.15, 0.2) is 4.99 Å². The van der Waals surface area contributed by atoms with Gasteiger partial charge in [0.25, 0.3) is 10.1 Å². The van der Waals surface area contributed by atoms with Crippen molar-refractivity contribution in [1.82, 2.24) is 5.32 Å². The summed E-state index contributed by atoms with van der Waals surface area (Å²) in [5, 5.41) is 14.2. The van der Waals surface area contributed by atoms with Crippen molar-refractivity contribution in [3.63, 3.8) is 0 Å². The van der Waals surface area contributed by atoms with Gasteiger partial charge in [0.1, 0.15) is 0 Å². The minimum Gasteiger partial charge on any atom is -0.862 e. The molecule has 0 saturated heterocycles. The molecule has 0 aliphatic rings. The number of carbonyl (C=O) groups is 1. The summed E-state index contributed by atoms with van der Waals surface area (Å²) in [6.45, 7) is 4.98. The fraction of sp³-hybridized carbons (Fsp3) is 0.957. The smallest absolute Gasteiger partial charge is 0.862 e. The fourth-order valence-electron chi connectivity index (χ4n) is 7.11. The SMILES string of the molecule is CCCCCCCCCCCCCCCCCCCC(=O)NCCCS(=O)(=O)O.CCCCCCCCCCCCCCCCCCCC([O-])=NCCCS(=O)(=O)[O-].[Ca+2]. The summed E-state index contributed by atoms with van der Waals surface area (Å²) in [7, 11) is -8.11. The molecule has 0 heterocycles. The second-order valence-corrected chi connectivity index (χ2v) is 19.8. The third kappa shape index (κ3) is 62.4. The van der Waals surface area contributed by atoms with Gasteiger partial charge < -0.3 is 20.0 Å². The van der Waals surface area contributed by atoms with E-state index in [-0.39, 0.29) is 74.7 Å². The number of nitrogens with zero attached hydrogens (tertiary/aromatic N) is 1. The molecule has 0 aromatic heterocycles. The predicted molar refractivity (Wildman–Crippen MR) is 249 cm³/mol. The van der Waals surface area contributed by atoms with Crippen LogP contribution in [0.4, 0.5) is 0 Å². The third-order valence-electron chi connectivity index (χ3n) is 10.7. The fourth-order valence-corrected chi connectivity index (χ4v) is 8.10. The van der Waals surface area contributed by atoms with Crippen LogP contribution in [0, 0.1) is 0 Å². The number of carbonyl (C=O) groups excluding carboxylic acids is 1. The van der Waals surface area contributed by atoms with E-state index >= 15 is 0 Å². The Morgan fingerprint density at radius 2 is 0.780 bits per heavy atom. The number of hydrogen-bond donors (Lipinski definition) is 2. The number of aliphatic imine (C=N–C) groups is 1. The molecule has 0 atom stereocenters. The van der Waals surface area contributed by atoms with Crippen LogP contribution in [-0.4, -0.2) is 100 Å². The second kappa shape index (κ2) is 49.0. The number of hydrogen-bond acceptors (Lipinski definition) is 8. The minimum atomic E-state index is -4.19. The molecule has 2 N–H and O–H groups in total. The second-order valence-electron chi connectivity index (χ2n) is 16.7. The van der Waals surface area contributed by atoms with E-state index < -0.39 is 26.0 Å². The van der Waals surface area contributed by atoms with Gasteiger partial charge in [-0.3, -0.25) is 9.35 Å². The molecule has 348 valence electrons. The maximum atomic E-state index is 11.6. The van der Waals surface area contributed by atoms with Gasteiger partial charge in [-0.2, -0.15) is 8.42 Å². The van der Waals surface area contributed by atoms with E-state index in [1.165, 1.54) is 193 Å². The summed E-state index contributed by atoms with van der Waals surface area (Å²) in [5.41, 5.74) is 0. The van der Waals surface area contributed by atoms with Gasteiger partial charge >= 0.3 is 37.7 Å². The maximum absolute atomic E-state index is 11.6. The summed E-state index contributed by atoms with van der Waals surface area (Å²) in [6.07, 6.45) is 46.1. The first-order valence-electron chi connectivity index (χ1n) is 24.3. The number of unbranched alkanes of at least 4 members (excludes halogenated alkanes) is 32. The van der Waals surface area contributed by atoms with Crippen molar-refractivity contribution in [2.75, 3.05) is 24.6 Å². The summed E-state index contributed by atoms with van der Waals surface area (Å²) >= 11 is 0. The molecule has 0 aliphatic heterocycles. The van der Waals surface area contributed by atoms with Gasteiger partial charge in [0, 0.05) is 25.3 Å². The molecule has 0 aromatic rings. The average Bonchev–Trinajstić information content (AvgIpc) is 3.17. The van der Waals surface area contributed by atoms with E-state index in [1.54, 1.807) is 0 Å². The summed E-state index contributed by atoms with van der Waals surface area (Å²) in [5.74, 6) is -0.939. The van der Waals surface area contributed by atoms with Gasteiger partial charge in [-0.25, -0.2) is 8.42 Å². The van der Waals surface area contributed by atoms with Crippen LogP contribution in [0.2, 0.25) is 0 Å². The van der Waals surface area contributed by atoms with Crippen LogP contribution >= 0.6 is 0 Å². The first-order chi connectivity index (χ1) is 27.9. The Kier molecular flexibility index (Phi) is 52.6. The summed E-state index contributed by atoms with van der Waals surface area (Å²) in [6, 6.07) is 0. The zero-order valence-corrected chi connectivity index (χ0v) is 42.3. The Hall–Kier alpha value is 0.0197. The van der Waals surface area contributed by atoms with E-state index in [1.807, 2.05) is 0 Å². The molecule has 0 spiro atoms. The molecule has 13 heteroatoms. The molecule has 0 fully saturated rings. The molecule has 0 bridgehead atoms. The van der Waals surface area contributed by atoms with Crippen molar-refractivity contribution in [3.05, 3.63) is 0 Å². The number of nitrogens with one attached hydrogen (secondary N) is 1. The van der Waals surface area contributed by atoms with Crippen molar-refractivity contribution in [1.29, 1.82) is 0 Å². The molecule has 10 nitrogen and oxygen atoms in total. The van der Waals surface area contributed by atoms with Crippen LogP contribution < -0.4 is 10.4 Å². The van der Waals surface area contributed by atoms with E-state index in [9.17, 15) is 31.3 Å². The van der Waals surface area contributed by atoms with Crippen molar-refractivity contribution < 1.29 is 35.8 Å². The van der Waals surface area contributed by atoms with Gasteiger partial charge in [-0.1, -0.05) is 219 Å². The van der Waals surface area contributed by atoms with Crippen LogP contribution in [0.5, 0.6) is 0 Å². The molecular weight excluding hydrogens is 813 g/mol. The maximum Gasteiger partial charge on any atom is 2.00 e. The zero-order chi connectivity index (χ0) is 43.3. The zero-order valence-electron chi connectivity index (χ0n) is 38.5. The third-order valence-corrected chi connectivity index (χ3v) is 12.3. The van der Waals surface area contributed by atoms with Crippen LogP contribution in [-0.2, 0) is 25.0 Å². The van der Waals surface area contributed by atoms with E-state index in [0.29, 0.717) is 19.4 Å². The topological polar surface area (TPSA) is 176 Å². The Morgan fingerprint density at radius 3 is 1.08 bits per heavy atom. The van der Waals surface area contributed by atoms with Gasteiger partial charge in [-0.05, 0) is 38.0 Å². The molecular formula is C46H92CaN2O8S2. The van der Waals surface area contributed by atoms with Crippen molar-refractivity contribution >= 4 is 69.8 Å². The molecule has 1 amide bonds. The van der Waals surface area contributed by atoms with E-state index in [2.05, 4.69) is 24.2 Å². The molecule has 59 heavy (non-hydrogen) atoms. The molecule has 0 unspecified atom stereocenters. The van der Waals surface area contributed by atoms with Crippen LogP contribution in [0.25, 0.3) is 0 Å². The molecule has 0 aromatic carbocycles. The molecule has 0 radical (unpaired) electrons. The monoisotopic (exact) mass is 905 g/mol. The number of rotatable bonds is 44. The molecule has 0 rings (SSSR count). The Balaban J connectivity index is -0.00000105. The largest absolute Gasteiger partial charge is 2.00 e. The summed E-state index contributed by atoms with van der Waals surface area (Å²) < 4.78 is 61.1.